The number of carboxylic acids is 1. The number of anilines is 1. The fraction of sp³-hybridized carbons (Fsp3) is 0.529. The third-order valence-electron chi connectivity index (χ3n) is 3.67. The Morgan fingerprint density at radius 1 is 1.26 bits per heavy atom. The van der Waals surface area contributed by atoms with Crippen LogP contribution in [-0.2, 0) is 9.59 Å². The summed E-state index contributed by atoms with van der Waals surface area (Å²) in [5.74, 6) is -1.50. The van der Waals surface area contributed by atoms with Crippen LogP contribution >= 0.6 is 0 Å². The van der Waals surface area contributed by atoms with Crippen molar-refractivity contribution in [3.05, 3.63) is 29.8 Å². The van der Waals surface area contributed by atoms with Crippen LogP contribution in [0.2, 0.25) is 0 Å². The average molecular weight is 322 g/mol. The minimum atomic E-state index is -1.19. The molecule has 0 saturated heterocycles. The molecule has 0 heterocycles. The number of carboxylic acid groups (broad SMARTS) is 1. The van der Waals surface area contributed by atoms with Crippen molar-refractivity contribution in [3.63, 3.8) is 0 Å². The van der Waals surface area contributed by atoms with Crippen molar-refractivity contribution in [3.8, 4) is 0 Å². The summed E-state index contributed by atoms with van der Waals surface area (Å²) >= 11 is 0. The van der Waals surface area contributed by atoms with Crippen LogP contribution in [0.1, 0.15) is 37.7 Å². The van der Waals surface area contributed by atoms with Gasteiger partial charge in [-0.05, 0) is 50.3 Å². The standard InChI is InChI=1S/C17H27N3O3/c1-13-7-6-8-14(11-13)20-16(21)12-15(17(22)23)19-10-5-3-2-4-9-18/h6-8,11,15,19H,2-5,9-10,12,18H2,1H3,(H,20,21)(H,22,23)/p+1/t15-/m0/s1. The molecule has 1 aromatic carbocycles. The Bertz CT molecular complexity index is 506. The van der Waals surface area contributed by atoms with E-state index >= 15 is 0 Å². The quantitative estimate of drug-likeness (QED) is 0.445. The van der Waals surface area contributed by atoms with Gasteiger partial charge in [0.05, 0.1) is 25.5 Å². The molecule has 0 saturated carbocycles. The fourth-order valence-electron chi connectivity index (χ4n) is 2.39. The lowest BCUT2D eigenvalue weighted by Crippen LogP contribution is -2.93. The van der Waals surface area contributed by atoms with E-state index in [2.05, 4.69) is 11.1 Å². The second kappa shape index (κ2) is 10.7. The summed E-state index contributed by atoms with van der Waals surface area (Å²) in [6.45, 7) is 3.56. The number of carbonyl (C=O) groups excluding carboxylic acids is 2. The number of hydrogen-bond donors (Lipinski definition) is 3. The first-order valence-electron chi connectivity index (χ1n) is 8.23. The van der Waals surface area contributed by atoms with E-state index in [4.69, 9.17) is 0 Å². The summed E-state index contributed by atoms with van der Waals surface area (Å²) in [7, 11) is 0. The lowest BCUT2D eigenvalue weighted by molar-refractivity contribution is -0.682. The van der Waals surface area contributed by atoms with Gasteiger partial charge < -0.3 is 26.3 Å². The molecule has 1 rings (SSSR count). The molecule has 0 bridgehead atoms. The summed E-state index contributed by atoms with van der Waals surface area (Å²) in [5.41, 5.74) is 5.51. The molecule has 128 valence electrons. The maximum Gasteiger partial charge on any atom is 0.230 e. The first-order valence-corrected chi connectivity index (χ1v) is 8.23. The van der Waals surface area contributed by atoms with Gasteiger partial charge in [-0.1, -0.05) is 12.1 Å². The van der Waals surface area contributed by atoms with E-state index in [0.717, 1.165) is 37.8 Å². The number of benzene rings is 1. The molecular weight excluding hydrogens is 294 g/mol. The van der Waals surface area contributed by atoms with Gasteiger partial charge in [0, 0.05) is 5.69 Å². The van der Waals surface area contributed by atoms with Gasteiger partial charge >= 0.3 is 0 Å². The van der Waals surface area contributed by atoms with Crippen molar-refractivity contribution >= 4 is 17.6 Å². The molecule has 1 amide bonds. The Morgan fingerprint density at radius 2 is 2.00 bits per heavy atom. The van der Waals surface area contributed by atoms with Crippen molar-refractivity contribution in [1.82, 2.24) is 0 Å². The molecule has 0 fully saturated rings. The molecule has 6 nitrogen and oxygen atoms in total. The van der Waals surface area contributed by atoms with Gasteiger partial charge in [0.2, 0.25) is 5.91 Å². The van der Waals surface area contributed by atoms with Crippen LogP contribution in [0.5, 0.6) is 0 Å². The van der Waals surface area contributed by atoms with E-state index in [1.807, 2.05) is 25.1 Å². The molecule has 0 radical (unpaired) electrons. The first kappa shape index (κ1) is 19.1. The van der Waals surface area contributed by atoms with E-state index in [1.165, 1.54) is 0 Å². The Kier molecular flexibility index (Phi) is 8.94. The number of aliphatic carboxylic acids is 1. The Labute approximate surface area is 137 Å². The van der Waals surface area contributed by atoms with Crippen LogP contribution < -0.4 is 21.5 Å². The van der Waals surface area contributed by atoms with Crippen molar-refractivity contribution in [2.75, 3.05) is 18.4 Å². The van der Waals surface area contributed by atoms with Crippen LogP contribution in [0.3, 0.4) is 0 Å². The number of amides is 1. The molecule has 0 aliphatic carbocycles. The highest BCUT2D eigenvalue weighted by Gasteiger charge is 2.18. The molecule has 1 aromatic rings. The summed E-state index contributed by atoms with van der Waals surface area (Å²) in [6.07, 6.45) is 4.11. The molecule has 0 aliphatic rings. The minimum Gasteiger partial charge on any atom is -0.544 e. The third-order valence-corrected chi connectivity index (χ3v) is 3.67. The summed E-state index contributed by atoms with van der Waals surface area (Å²) in [5, 5.41) is 15.6. The van der Waals surface area contributed by atoms with Crippen molar-refractivity contribution in [2.24, 2.45) is 0 Å². The SMILES string of the molecule is Cc1cccc(NC(=O)C[C@H]([NH2+]CCCCCC[NH3+])C(=O)[O-])c1. The molecule has 0 unspecified atom stereocenters. The molecule has 0 spiro atoms. The van der Waals surface area contributed by atoms with Crippen LogP contribution in [-0.4, -0.2) is 31.0 Å². The number of rotatable bonds is 11. The topological polar surface area (TPSA) is 113 Å². The number of aryl methyl sites for hydroxylation is 1. The zero-order chi connectivity index (χ0) is 17.1. The monoisotopic (exact) mass is 322 g/mol. The number of carbonyl (C=O) groups is 2. The molecular formula is C17H28N3O3+. The van der Waals surface area contributed by atoms with E-state index in [1.54, 1.807) is 11.4 Å². The lowest BCUT2D eigenvalue weighted by atomic mass is 10.1. The number of unbranched alkanes of at least 4 members (excludes halogenated alkanes) is 3. The molecule has 6 heteroatoms. The second-order valence-electron chi connectivity index (χ2n) is 5.84. The van der Waals surface area contributed by atoms with E-state index in [9.17, 15) is 14.7 Å². The number of quaternary nitrogens is 2. The number of nitrogens with two attached hydrogens (primary N) is 1. The van der Waals surface area contributed by atoms with E-state index < -0.39 is 12.0 Å². The lowest BCUT2D eigenvalue weighted by Gasteiger charge is -2.16. The van der Waals surface area contributed by atoms with E-state index in [0.29, 0.717) is 12.2 Å². The highest BCUT2D eigenvalue weighted by Crippen LogP contribution is 2.09. The predicted molar refractivity (Wildman–Crippen MR) is 86.2 cm³/mol. The second-order valence-corrected chi connectivity index (χ2v) is 5.84. The summed E-state index contributed by atoms with van der Waals surface area (Å²) in [4.78, 5) is 23.2. The average Bonchev–Trinajstić information content (AvgIpc) is 2.49. The maximum atomic E-state index is 12.0. The zero-order valence-electron chi connectivity index (χ0n) is 13.8. The van der Waals surface area contributed by atoms with Gasteiger partial charge in [-0.2, -0.15) is 0 Å². The Morgan fingerprint density at radius 3 is 2.65 bits per heavy atom. The highest BCUT2D eigenvalue weighted by atomic mass is 16.4. The fourth-order valence-corrected chi connectivity index (χ4v) is 2.39. The van der Waals surface area contributed by atoms with Crippen molar-refractivity contribution in [2.45, 2.75) is 45.1 Å². The Hall–Kier alpha value is -1.92. The van der Waals surface area contributed by atoms with Gasteiger partial charge in [-0.15, -0.1) is 0 Å². The third kappa shape index (κ3) is 8.32. The predicted octanol–water partition coefficient (Wildman–Crippen LogP) is -1.19. The van der Waals surface area contributed by atoms with E-state index in [-0.39, 0.29) is 12.3 Å². The zero-order valence-corrected chi connectivity index (χ0v) is 13.8. The van der Waals surface area contributed by atoms with Gasteiger partial charge in [-0.25, -0.2) is 0 Å². The van der Waals surface area contributed by atoms with Gasteiger partial charge in [0.1, 0.15) is 6.04 Å². The number of hydrogen-bond acceptors (Lipinski definition) is 3. The van der Waals surface area contributed by atoms with Crippen molar-refractivity contribution < 1.29 is 25.7 Å². The summed E-state index contributed by atoms with van der Waals surface area (Å²) < 4.78 is 0. The molecule has 0 aromatic heterocycles. The molecule has 23 heavy (non-hydrogen) atoms. The van der Waals surface area contributed by atoms with Gasteiger partial charge in [0.25, 0.3) is 0 Å². The highest BCUT2D eigenvalue weighted by molar-refractivity contribution is 5.93. The molecule has 0 aliphatic heterocycles. The van der Waals surface area contributed by atoms with Crippen LogP contribution in [0.25, 0.3) is 0 Å². The van der Waals surface area contributed by atoms with Crippen molar-refractivity contribution in [1.29, 1.82) is 0 Å². The van der Waals surface area contributed by atoms with Crippen LogP contribution in [0.4, 0.5) is 5.69 Å². The Balaban J connectivity index is 2.36. The summed E-state index contributed by atoms with van der Waals surface area (Å²) in [6, 6.07) is 6.57. The minimum absolute atomic E-state index is 0.0881. The smallest absolute Gasteiger partial charge is 0.230 e. The molecule has 6 N–H and O–H groups in total. The van der Waals surface area contributed by atoms with Crippen LogP contribution in [0.15, 0.2) is 24.3 Å². The van der Waals surface area contributed by atoms with Gasteiger partial charge in [-0.3, -0.25) is 4.79 Å². The largest absolute Gasteiger partial charge is 0.544 e. The number of nitrogens with one attached hydrogen (secondary N) is 1. The maximum absolute atomic E-state index is 12.0. The van der Waals surface area contributed by atoms with Crippen LogP contribution in [0, 0.1) is 6.92 Å². The molecule has 1 atom stereocenters. The van der Waals surface area contributed by atoms with Gasteiger partial charge in [0.15, 0.2) is 0 Å². The normalized spacial score (nSPS) is 11.9. The first-order chi connectivity index (χ1) is 11.0.